The summed E-state index contributed by atoms with van der Waals surface area (Å²) >= 11 is 3.41. The summed E-state index contributed by atoms with van der Waals surface area (Å²) in [4.78, 5) is 12.0. The first-order valence-electron chi connectivity index (χ1n) is 5.81. The number of halogens is 1. The Morgan fingerprint density at radius 1 is 1.53 bits per heavy atom. The van der Waals surface area contributed by atoms with Crippen LogP contribution >= 0.6 is 15.9 Å². The summed E-state index contributed by atoms with van der Waals surface area (Å²) in [5.74, 6) is 0.0491. The monoisotopic (exact) mass is 297 g/mol. The lowest BCUT2D eigenvalue weighted by Gasteiger charge is -2.21. The minimum atomic E-state index is -0.0119. The summed E-state index contributed by atoms with van der Waals surface area (Å²) in [6.45, 7) is 3.30. The van der Waals surface area contributed by atoms with Crippen molar-refractivity contribution in [1.82, 2.24) is 0 Å². The Hall–Kier alpha value is -0.870. The van der Waals surface area contributed by atoms with E-state index in [2.05, 4.69) is 21.2 Å². The Balaban J connectivity index is 2.04. The summed E-state index contributed by atoms with van der Waals surface area (Å²) in [5, 5.41) is 2.97. The molecule has 1 saturated heterocycles. The number of hydrogen-bond acceptors (Lipinski definition) is 2. The van der Waals surface area contributed by atoms with Crippen LogP contribution in [-0.2, 0) is 9.53 Å². The van der Waals surface area contributed by atoms with Crippen LogP contribution in [0.2, 0.25) is 0 Å². The number of amides is 1. The zero-order valence-electron chi connectivity index (χ0n) is 9.83. The molecular formula is C13H16BrNO2. The van der Waals surface area contributed by atoms with Crippen molar-refractivity contribution < 1.29 is 9.53 Å². The topological polar surface area (TPSA) is 38.3 Å². The molecule has 1 amide bonds. The second kappa shape index (κ2) is 5.65. The van der Waals surface area contributed by atoms with E-state index < -0.39 is 0 Å². The molecule has 1 unspecified atom stereocenters. The Labute approximate surface area is 110 Å². The van der Waals surface area contributed by atoms with Crippen LogP contribution in [0, 0.1) is 12.8 Å². The van der Waals surface area contributed by atoms with Crippen LogP contribution in [0.15, 0.2) is 22.7 Å². The van der Waals surface area contributed by atoms with Crippen LogP contribution in [0.1, 0.15) is 18.4 Å². The van der Waals surface area contributed by atoms with Gasteiger partial charge in [0.2, 0.25) is 5.91 Å². The number of benzene rings is 1. The summed E-state index contributed by atoms with van der Waals surface area (Å²) in [5.41, 5.74) is 1.94. The molecule has 0 bridgehead atoms. The van der Waals surface area contributed by atoms with Gasteiger partial charge in [0.15, 0.2) is 0 Å². The maximum Gasteiger partial charge on any atom is 0.229 e. The van der Waals surface area contributed by atoms with Crippen molar-refractivity contribution in [3.8, 4) is 0 Å². The molecule has 1 heterocycles. The van der Waals surface area contributed by atoms with Crippen LogP contribution in [0.3, 0.4) is 0 Å². The number of hydrogen-bond donors (Lipinski definition) is 1. The fourth-order valence-electron chi connectivity index (χ4n) is 1.91. The van der Waals surface area contributed by atoms with E-state index in [1.165, 1.54) is 0 Å². The lowest BCUT2D eigenvalue weighted by molar-refractivity contribution is -0.123. The third-order valence-electron chi connectivity index (χ3n) is 2.99. The Bertz CT molecular complexity index is 414. The van der Waals surface area contributed by atoms with E-state index in [9.17, 15) is 4.79 Å². The average molecular weight is 298 g/mol. The first-order chi connectivity index (χ1) is 8.16. The number of carbonyl (C=O) groups excluding carboxylic acids is 1. The molecule has 92 valence electrons. The fraction of sp³-hybridized carbons (Fsp3) is 0.462. The quantitative estimate of drug-likeness (QED) is 0.911. The minimum Gasteiger partial charge on any atom is -0.381 e. The summed E-state index contributed by atoms with van der Waals surface area (Å²) in [7, 11) is 0. The van der Waals surface area contributed by atoms with Crippen molar-refractivity contribution in [3.63, 3.8) is 0 Å². The van der Waals surface area contributed by atoms with Gasteiger partial charge in [-0.3, -0.25) is 4.79 Å². The molecule has 0 aromatic heterocycles. The molecule has 4 heteroatoms. The Morgan fingerprint density at radius 3 is 3.06 bits per heavy atom. The van der Waals surface area contributed by atoms with Crippen LogP contribution < -0.4 is 5.32 Å². The van der Waals surface area contributed by atoms with Crippen molar-refractivity contribution >= 4 is 27.5 Å². The molecule has 0 saturated carbocycles. The highest BCUT2D eigenvalue weighted by Crippen LogP contribution is 2.22. The van der Waals surface area contributed by atoms with Gasteiger partial charge in [-0.1, -0.05) is 22.0 Å². The lowest BCUT2D eigenvalue weighted by atomic mass is 10.0. The van der Waals surface area contributed by atoms with E-state index in [0.29, 0.717) is 6.61 Å². The van der Waals surface area contributed by atoms with Gasteiger partial charge in [0.25, 0.3) is 0 Å². The molecule has 1 aliphatic heterocycles. The summed E-state index contributed by atoms with van der Waals surface area (Å²) in [6.07, 6.45) is 1.88. The number of nitrogens with one attached hydrogen (secondary N) is 1. The van der Waals surface area contributed by atoms with E-state index in [1.54, 1.807) is 0 Å². The molecule has 1 N–H and O–H groups in total. The van der Waals surface area contributed by atoms with Crippen molar-refractivity contribution in [3.05, 3.63) is 28.2 Å². The van der Waals surface area contributed by atoms with Crippen molar-refractivity contribution in [2.75, 3.05) is 18.5 Å². The second-order valence-electron chi connectivity index (χ2n) is 4.36. The van der Waals surface area contributed by atoms with Gasteiger partial charge in [0.1, 0.15) is 0 Å². The molecule has 0 spiro atoms. The minimum absolute atomic E-state index is 0.0119. The number of aryl methyl sites for hydroxylation is 1. The predicted octanol–water partition coefficient (Wildman–Crippen LogP) is 3.12. The Kier molecular flexibility index (Phi) is 4.18. The van der Waals surface area contributed by atoms with Gasteiger partial charge < -0.3 is 10.1 Å². The van der Waals surface area contributed by atoms with Crippen LogP contribution in [-0.4, -0.2) is 19.1 Å². The lowest BCUT2D eigenvalue weighted by Crippen LogP contribution is -2.30. The predicted molar refractivity (Wildman–Crippen MR) is 71.1 cm³/mol. The fourth-order valence-corrected chi connectivity index (χ4v) is 2.27. The largest absolute Gasteiger partial charge is 0.381 e. The molecule has 17 heavy (non-hydrogen) atoms. The zero-order chi connectivity index (χ0) is 12.3. The molecule has 3 nitrogen and oxygen atoms in total. The molecule has 1 aliphatic rings. The van der Waals surface area contributed by atoms with E-state index >= 15 is 0 Å². The molecule has 1 aromatic carbocycles. The maximum absolute atomic E-state index is 12.0. The van der Waals surface area contributed by atoms with E-state index in [0.717, 1.165) is 35.2 Å². The van der Waals surface area contributed by atoms with Gasteiger partial charge in [-0.15, -0.1) is 0 Å². The molecular weight excluding hydrogens is 282 g/mol. The molecule has 0 aliphatic carbocycles. The number of anilines is 1. The van der Waals surface area contributed by atoms with Gasteiger partial charge in [-0.2, -0.15) is 0 Å². The van der Waals surface area contributed by atoms with Gasteiger partial charge in [0.05, 0.1) is 12.5 Å². The SMILES string of the molecule is Cc1ccc(Br)cc1NC(=O)C1CCCOC1. The van der Waals surface area contributed by atoms with Crippen LogP contribution in [0.4, 0.5) is 5.69 Å². The van der Waals surface area contributed by atoms with Crippen LogP contribution in [0.5, 0.6) is 0 Å². The van der Waals surface area contributed by atoms with Crippen molar-refractivity contribution in [2.24, 2.45) is 5.92 Å². The standard InChI is InChI=1S/C13H16BrNO2/c1-9-4-5-11(14)7-12(9)15-13(16)10-3-2-6-17-8-10/h4-5,7,10H,2-3,6,8H2,1H3,(H,15,16). The Morgan fingerprint density at radius 2 is 2.35 bits per heavy atom. The van der Waals surface area contributed by atoms with Crippen molar-refractivity contribution in [1.29, 1.82) is 0 Å². The third-order valence-corrected chi connectivity index (χ3v) is 3.48. The first kappa shape index (κ1) is 12.6. The average Bonchev–Trinajstić information content (AvgIpc) is 2.35. The third kappa shape index (κ3) is 3.30. The van der Waals surface area contributed by atoms with E-state index in [4.69, 9.17) is 4.74 Å². The zero-order valence-corrected chi connectivity index (χ0v) is 11.4. The molecule has 1 fully saturated rings. The molecule has 0 radical (unpaired) electrons. The van der Waals surface area contributed by atoms with Gasteiger partial charge in [-0.25, -0.2) is 0 Å². The smallest absolute Gasteiger partial charge is 0.229 e. The first-order valence-corrected chi connectivity index (χ1v) is 6.61. The van der Waals surface area contributed by atoms with E-state index in [-0.39, 0.29) is 11.8 Å². The van der Waals surface area contributed by atoms with Gasteiger partial charge in [-0.05, 0) is 37.5 Å². The second-order valence-corrected chi connectivity index (χ2v) is 5.28. The highest BCUT2D eigenvalue weighted by molar-refractivity contribution is 9.10. The van der Waals surface area contributed by atoms with E-state index in [1.807, 2.05) is 25.1 Å². The highest BCUT2D eigenvalue weighted by atomic mass is 79.9. The highest BCUT2D eigenvalue weighted by Gasteiger charge is 2.22. The maximum atomic E-state index is 12.0. The summed E-state index contributed by atoms with van der Waals surface area (Å²) in [6, 6.07) is 5.88. The summed E-state index contributed by atoms with van der Waals surface area (Å²) < 4.78 is 6.30. The molecule has 2 rings (SSSR count). The number of ether oxygens (including phenoxy) is 1. The molecule has 1 atom stereocenters. The number of carbonyl (C=O) groups is 1. The number of rotatable bonds is 2. The molecule has 1 aromatic rings. The van der Waals surface area contributed by atoms with Gasteiger partial charge >= 0.3 is 0 Å². The van der Waals surface area contributed by atoms with Crippen LogP contribution in [0.25, 0.3) is 0 Å². The van der Waals surface area contributed by atoms with Crippen molar-refractivity contribution in [2.45, 2.75) is 19.8 Å². The normalized spacial score (nSPS) is 20.0. The van der Waals surface area contributed by atoms with Gasteiger partial charge in [0, 0.05) is 16.8 Å².